The SMILES string of the molecule is CC[C@@H](C(=O)NC1CCCC1)N(Cc1ccc(C)cc1)C(=O)CN(c1ccc(C)c(Cl)c1)S(=O)(=O)c1ccccc1. The molecule has 0 saturated heterocycles. The summed E-state index contributed by atoms with van der Waals surface area (Å²) < 4.78 is 28.9. The first kappa shape index (κ1) is 30.6. The number of anilines is 1. The van der Waals surface area contributed by atoms with E-state index in [-0.39, 0.29) is 29.1 Å². The van der Waals surface area contributed by atoms with Crippen LogP contribution in [-0.4, -0.2) is 43.8 Å². The fraction of sp³-hybridized carbons (Fsp3) is 0.375. The Labute approximate surface area is 248 Å². The minimum absolute atomic E-state index is 0.0561. The summed E-state index contributed by atoms with van der Waals surface area (Å²) in [5.41, 5.74) is 2.99. The van der Waals surface area contributed by atoms with Crippen LogP contribution >= 0.6 is 11.6 Å². The first-order chi connectivity index (χ1) is 19.6. The molecule has 1 aliphatic rings. The Morgan fingerprint density at radius 2 is 1.63 bits per heavy atom. The van der Waals surface area contributed by atoms with Crippen LogP contribution in [0.2, 0.25) is 5.02 Å². The average molecular weight is 596 g/mol. The quantitative estimate of drug-likeness (QED) is 0.294. The van der Waals surface area contributed by atoms with Crippen molar-refractivity contribution in [3.05, 3.63) is 94.5 Å². The van der Waals surface area contributed by atoms with E-state index in [1.54, 1.807) is 36.4 Å². The highest BCUT2D eigenvalue weighted by Crippen LogP contribution is 2.29. The van der Waals surface area contributed by atoms with Gasteiger partial charge in [0, 0.05) is 17.6 Å². The Morgan fingerprint density at radius 1 is 0.976 bits per heavy atom. The van der Waals surface area contributed by atoms with Gasteiger partial charge in [-0.15, -0.1) is 0 Å². The van der Waals surface area contributed by atoms with Crippen LogP contribution in [-0.2, 0) is 26.2 Å². The van der Waals surface area contributed by atoms with Gasteiger partial charge in [-0.1, -0.05) is 85.5 Å². The summed E-state index contributed by atoms with van der Waals surface area (Å²) in [4.78, 5) is 29.3. The zero-order valence-corrected chi connectivity index (χ0v) is 25.4. The Hall–Kier alpha value is -3.36. The largest absolute Gasteiger partial charge is 0.352 e. The molecule has 1 aliphatic carbocycles. The van der Waals surface area contributed by atoms with Gasteiger partial charge in [0.25, 0.3) is 10.0 Å². The highest BCUT2D eigenvalue weighted by atomic mass is 35.5. The molecular formula is C32H38ClN3O4S. The lowest BCUT2D eigenvalue weighted by Gasteiger charge is -2.34. The van der Waals surface area contributed by atoms with Crippen molar-refractivity contribution in [3.8, 4) is 0 Å². The van der Waals surface area contributed by atoms with E-state index in [4.69, 9.17) is 11.6 Å². The summed E-state index contributed by atoms with van der Waals surface area (Å²) in [5.74, 6) is -0.689. The van der Waals surface area contributed by atoms with Gasteiger partial charge in [-0.25, -0.2) is 8.42 Å². The average Bonchev–Trinajstić information content (AvgIpc) is 3.47. The van der Waals surface area contributed by atoms with Crippen LogP contribution in [0.15, 0.2) is 77.7 Å². The number of carbonyl (C=O) groups is 2. The summed E-state index contributed by atoms with van der Waals surface area (Å²) in [6.07, 6.45) is 4.37. The molecule has 0 spiro atoms. The van der Waals surface area contributed by atoms with Crippen LogP contribution < -0.4 is 9.62 Å². The molecule has 0 heterocycles. The number of hydrogen-bond donors (Lipinski definition) is 1. The lowest BCUT2D eigenvalue weighted by molar-refractivity contribution is -0.140. The molecule has 7 nitrogen and oxygen atoms in total. The molecule has 0 radical (unpaired) electrons. The number of hydrogen-bond acceptors (Lipinski definition) is 4. The molecule has 0 unspecified atom stereocenters. The zero-order valence-electron chi connectivity index (χ0n) is 23.8. The summed E-state index contributed by atoms with van der Waals surface area (Å²) in [6.45, 7) is 5.35. The van der Waals surface area contributed by atoms with Crippen LogP contribution in [0.3, 0.4) is 0 Å². The standard InChI is InChI=1S/C32H38ClN3O4S/c1-4-30(32(38)34-26-10-8-9-11-26)35(21-25-17-14-23(2)15-18-25)31(37)22-36(27-19-16-24(3)29(33)20-27)41(39,40)28-12-6-5-7-13-28/h5-7,12-20,26,30H,4,8-11,21-22H2,1-3H3,(H,34,38)/t30-/m0/s1. The number of sulfonamides is 1. The molecule has 2 amide bonds. The fourth-order valence-corrected chi connectivity index (χ4v) is 6.76. The van der Waals surface area contributed by atoms with Gasteiger partial charge in [-0.05, 0) is 68.5 Å². The number of nitrogens with one attached hydrogen (secondary N) is 1. The van der Waals surface area contributed by atoms with E-state index < -0.39 is 28.5 Å². The van der Waals surface area contributed by atoms with Crippen LogP contribution in [0.4, 0.5) is 5.69 Å². The Kier molecular flexibility index (Phi) is 10.1. The number of benzene rings is 3. The smallest absolute Gasteiger partial charge is 0.264 e. The van der Waals surface area contributed by atoms with E-state index in [2.05, 4.69) is 5.32 Å². The van der Waals surface area contributed by atoms with Crippen molar-refractivity contribution in [1.82, 2.24) is 10.2 Å². The minimum Gasteiger partial charge on any atom is -0.352 e. The molecule has 1 saturated carbocycles. The minimum atomic E-state index is -4.14. The molecule has 0 bridgehead atoms. The van der Waals surface area contributed by atoms with E-state index in [1.807, 2.05) is 45.0 Å². The van der Waals surface area contributed by atoms with Crippen LogP contribution in [0.25, 0.3) is 0 Å². The van der Waals surface area contributed by atoms with Crippen LogP contribution in [0.1, 0.15) is 55.7 Å². The molecule has 9 heteroatoms. The van der Waals surface area contributed by atoms with Gasteiger partial charge >= 0.3 is 0 Å². The number of nitrogens with zero attached hydrogens (tertiary/aromatic N) is 2. The molecule has 3 aromatic rings. The first-order valence-corrected chi connectivity index (χ1v) is 15.9. The second-order valence-electron chi connectivity index (χ2n) is 10.7. The molecule has 4 rings (SSSR count). The number of amides is 2. The summed E-state index contributed by atoms with van der Waals surface area (Å²) in [7, 11) is -4.14. The van der Waals surface area contributed by atoms with Crippen molar-refractivity contribution in [3.63, 3.8) is 0 Å². The van der Waals surface area contributed by atoms with E-state index in [1.165, 1.54) is 17.0 Å². The summed E-state index contributed by atoms with van der Waals surface area (Å²) in [5, 5.41) is 3.52. The molecule has 218 valence electrons. The molecule has 3 aromatic carbocycles. The predicted octanol–water partition coefficient (Wildman–Crippen LogP) is 6.02. The van der Waals surface area contributed by atoms with E-state index in [0.29, 0.717) is 11.4 Å². The molecule has 1 N–H and O–H groups in total. The van der Waals surface area contributed by atoms with Crippen LogP contribution in [0, 0.1) is 13.8 Å². The molecule has 0 aromatic heterocycles. The van der Waals surface area contributed by atoms with E-state index >= 15 is 0 Å². The van der Waals surface area contributed by atoms with Crippen molar-refractivity contribution >= 4 is 39.1 Å². The topological polar surface area (TPSA) is 86.8 Å². The van der Waals surface area contributed by atoms with Gasteiger partial charge in [-0.2, -0.15) is 0 Å². The van der Waals surface area contributed by atoms with E-state index in [9.17, 15) is 18.0 Å². The third-order valence-electron chi connectivity index (χ3n) is 7.61. The Morgan fingerprint density at radius 3 is 2.24 bits per heavy atom. The highest BCUT2D eigenvalue weighted by Gasteiger charge is 2.34. The summed E-state index contributed by atoms with van der Waals surface area (Å²) in [6, 6.07) is 20.0. The third-order valence-corrected chi connectivity index (χ3v) is 9.81. The lowest BCUT2D eigenvalue weighted by Crippen LogP contribution is -2.53. The summed E-state index contributed by atoms with van der Waals surface area (Å²) >= 11 is 6.40. The zero-order chi connectivity index (χ0) is 29.6. The molecule has 1 fully saturated rings. The van der Waals surface area contributed by atoms with Crippen molar-refractivity contribution in [2.45, 2.75) is 76.4 Å². The molecule has 1 atom stereocenters. The number of rotatable bonds is 11. The number of aryl methyl sites for hydroxylation is 2. The van der Waals surface area contributed by atoms with Gasteiger partial charge in [0.15, 0.2) is 0 Å². The van der Waals surface area contributed by atoms with Gasteiger partial charge in [0.2, 0.25) is 11.8 Å². The molecular weight excluding hydrogens is 558 g/mol. The predicted molar refractivity (Wildman–Crippen MR) is 163 cm³/mol. The maximum atomic E-state index is 14.2. The van der Waals surface area contributed by atoms with Gasteiger partial charge in [0.05, 0.1) is 10.6 Å². The normalized spacial score (nSPS) is 14.4. The number of carbonyl (C=O) groups excluding carboxylic acids is 2. The lowest BCUT2D eigenvalue weighted by atomic mass is 10.1. The second kappa shape index (κ2) is 13.5. The Balaban J connectivity index is 1.72. The van der Waals surface area contributed by atoms with Crippen molar-refractivity contribution in [1.29, 1.82) is 0 Å². The molecule has 0 aliphatic heterocycles. The van der Waals surface area contributed by atoms with Gasteiger partial charge in [-0.3, -0.25) is 13.9 Å². The third kappa shape index (κ3) is 7.49. The highest BCUT2D eigenvalue weighted by molar-refractivity contribution is 7.92. The fourth-order valence-electron chi connectivity index (χ4n) is 5.16. The van der Waals surface area contributed by atoms with Gasteiger partial charge < -0.3 is 10.2 Å². The number of halogens is 1. The van der Waals surface area contributed by atoms with Crippen molar-refractivity contribution in [2.75, 3.05) is 10.8 Å². The van der Waals surface area contributed by atoms with Crippen LogP contribution in [0.5, 0.6) is 0 Å². The maximum absolute atomic E-state index is 14.2. The van der Waals surface area contributed by atoms with Crippen molar-refractivity contribution < 1.29 is 18.0 Å². The van der Waals surface area contributed by atoms with Crippen molar-refractivity contribution in [2.24, 2.45) is 0 Å². The second-order valence-corrected chi connectivity index (χ2v) is 12.9. The maximum Gasteiger partial charge on any atom is 0.264 e. The van der Waals surface area contributed by atoms with E-state index in [0.717, 1.165) is 46.7 Å². The van der Waals surface area contributed by atoms with Gasteiger partial charge in [0.1, 0.15) is 12.6 Å². The molecule has 41 heavy (non-hydrogen) atoms. The Bertz CT molecular complexity index is 1460. The monoisotopic (exact) mass is 595 g/mol. The first-order valence-electron chi connectivity index (χ1n) is 14.1.